The summed E-state index contributed by atoms with van der Waals surface area (Å²) in [4.78, 5) is 23.6. The molecule has 2 rings (SSSR count). The molecular formula is C23H37N3O5S. The van der Waals surface area contributed by atoms with E-state index >= 15 is 0 Å². The number of nitrogens with zero attached hydrogens (tertiary/aromatic N) is 1. The van der Waals surface area contributed by atoms with Gasteiger partial charge in [-0.2, -0.15) is 0 Å². The van der Waals surface area contributed by atoms with Gasteiger partial charge < -0.3 is 9.64 Å². The molecule has 0 bridgehead atoms. The van der Waals surface area contributed by atoms with Crippen molar-refractivity contribution >= 4 is 22.5 Å². The van der Waals surface area contributed by atoms with Crippen LogP contribution in [0, 0.1) is 5.41 Å². The van der Waals surface area contributed by atoms with E-state index in [4.69, 9.17) is 4.74 Å². The van der Waals surface area contributed by atoms with Gasteiger partial charge in [0.05, 0.1) is 17.9 Å². The summed E-state index contributed by atoms with van der Waals surface area (Å²) in [7, 11) is -3.43. The third kappa shape index (κ3) is 8.43. The van der Waals surface area contributed by atoms with E-state index in [1.165, 1.54) is 4.90 Å². The summed E-state index contributed by atoms with van der Waals surface area (Å²) >= 11 is 0. The fraction of sp³-hybridized carbons (Fsp3) is 0.652. The van der Waals surface area contributed by atoms with Crippen LogP contribution < -0.4 is 14.8 Å². The fourth-order valence-electron chi connectivity index (χ4n) is 3.42. The molecule has 0 saturated heterocycles. The van der Waals surface area contributed by atoms with Crippen molar-refractivity contribution in [1.29, 1.82) is 0 Å². The second-order valence-corrected chi connectivity index (χ2v) is 11.4. The number of hydrogen-bond acceptors (Lipinski definition) is 5. The van der Waals surface area contributed by atoms with Gasteiger partial charge in [-0.25, -0.2) is 17.9 Å². The Morgan fingerprint density at radius 2 is 1.94 bits per heavy atom. The third-order valence-electron chi connectivity index (χ3n) is 5.35. The largest absolute Gasteiger partial charge is 0.493 e. The number of amides is 3. The first kappa shape index (κ1) is 26.1. The van der Waals surface area contributed by atoms with Gasteiger partial charge >= 0.3 is 6.03 Å². The molecule has 0 unspecified atom stereocenters. The highest BCUT2D eigenvalue weighted by molar-refractivity contribution is 7.89. The lowest BCUT2D eigenvalue weighted by Gasteiger charge is -2.21. The van der Waals surface area contributed by atoms with Crippen molar-refractivity contribution in [3.63, 3.8) is 0 Å². The second kappa shape index (κ2) is 11.1. The molecule has 1 aromatic carbocycles. The van der Waals surface area contributed by atoms with Crippen LogP contribution in [-0.4, -0.2) is 51.2 Å². The summed E-state index contributed by atoms with van der Waals surface area (Å²) < 4.78 is 34.2. The zero-order chi connectivity index (χ0) is 23.8. The number of benzene rings is 1. The van der Waals surface area contributed by atoms with E-state index in [1.807, 2.05) is 31.2 Å². The predicted molar refractivity (Wildman–Crippen MR) is 125 cm³/mol. The number of carbonyl (C=O) groups excluding carboxylic acids is 2. The summed E-state index contributed by atoms with van der Waals surface area (Å²) in [5, 5.41) is 2.12. The van der Waals surface area contributed by atoms with Gasteiger partial charge in [0.15, 0.2) is 0 Å². The summed E-state index contributed by atoms with van der Waals surface area (Å²) in [6.45, 7) is 9.70. The van der Waals surface area contributed by atoms with Gasteiger partial charge in [-0.05, 0) is 55.7 Å². The SMILES string of the molecule is CCN(CCCCCS(=O)(=O)NC1(c2cccc(OCC(C)(C)C)c2)CC1)C(=O)NC=O. The Balaban J connectivity index is 1.84. The molecule has 180 valence electrons. The van der Waals surface area contributed by atoms with E-state index in [9.17, 15) is 18.0 Å². The molecule has 0 radical (unpaired) electrons. The average Bonchev–Trinajstić information content (AvgIpc) is 3.49. The Hall–Kier alpha value is -2.13. The lowest BCUT2D eigenvalue weighted by Crippen LogP contribution is -2.39. The molecule has 2 N–H and O–H groups in total. The van der Waals surface area contributed by atoms with Gasteiger partial charge in [0.1, 0.15) is 5.75 Å². The van der Waals surface area contributed by atoms with Crippen molar-refractivity contribution in [1.82, 2.24) is 14.9 Å². The van der Waals surface area contributed by atoms with Gasteiger partial charge in [-0.3, -0.25) is 10.1 Å². The summed E-state index contributed by atoms with van der Waals surface area (Å²) in [5.41, 5.74) is 0.444. The predicted octanol–water partition coefficient (Wildman–Crippen LogP) is 3.38. The lowest BCUT2D eigenvalue weighted by molar-refractivity contribution is -0.108. The van der Waals surface area contributed by atoms with Crippen LogP contribution in [0.4, 0.5) is 4.79 Å². The van der Waals surface area contributed by atoms with Crippen molar-refractivity contribution in [2.24, 2.45) is 5.41 Å². The first-order valence-corrected chi connectivity index (χ1v) is 12.9. The first-order chi connectivity index (χ1) is 15.0. The Morgan fingerprint density at radius 3 is 2.53 bits per heavy atom. The molecular weight excluding hydrogens is 430 g/mol. The minimum absolute atomic E-state index is 0.0430. The Bertz CT molecular complexity index is 876. The molecule has 32 heavy (non-hydrogen) atoms. The van der Waals surface area contributed by atoms with E-state index in [0.29, 0.717) is 45.4 Å². The highest BCUT2D eigenvalue weighted by atomic mass is 32.2. The highest BCUT2D eigenvalue weighted by Crippen LogP contribution is 2.47. The van der Waals surface area contributed by atoms with Crippen LogP contribution in [0.5, 0.6) is 5.75 Å². The van der Waals surface area contributed by atoms with Crippen LogP contribution in [0.3, 0.4) is 0 Å². The molecule has 0 aliphatic heterocycles. The van der Waals surface area contributed by atoms with Crippen molar-refractivity contribution in [2.45, 2.75) is 65.3 Å². The molecule has 1 saturated carbocycles. The van der Waals surface area contributed by atoms with Crippen LogP contribution >= 0.6 is 0 Å². The van der Waals surface area contributed by atoms with E-state index in [-0.39, 0.29) is 11.2 Å². The fourth-order valence-corrected chi connectivity index (χ4v) is 5.03. The Labute approximate surface area is 192 Å². The summed E-state index contributed by atoms with van der Waals surface area (Å²) in [6, 6.07) is 7.26. The van der Waals surface area contributed by atoms with E-state index in [1.54, 1.807) is 0 Å². The standard InChI is InChI=1S/C23H37N3O5S/c1-5-26(21(28)24-18-27)14-7-6-8-15-32(29,30)25-23(12-13-23)19-10-9-11-20(16-19)31-17-22(2,3)4/h9-11,16,18,25H,5-8,12-15,17H2,1-4H3,(H,24,27,28). The van der Waals surface area contributed by atoms with Crippen LogP contribution in [0.15, 0.2) is 24.3 Å². The molecule has 3 amide bonds. The Kier molecular flexibility index (Phi) is 9.09. The molecule has 0 heterocycles. The van der Waals surface area contributed by atoms with E-state index in [2.05, 4.69) is 30.8 Å². The third-order valence-corrected chi connectivity index (χ3v) is 6.88. The number of urea groups is 1. The average molecular weight is 468 g/mol. The van der Waals surface area contributed by atoms with Gasteiger partial charge in [0, 0.05) is 13.1 Å². The molecule has 9 heteroatoms. The quantitative estimate of drug-likeness (QED) is 0.342. The van der Waals surface area contributed by atoms with Crippen molar-refractivity contribution in [2.75, 3.05) is 25.4 Å². The maximum atomic E-state index is 12.7. The van der Waals surface area contributed by atoms with E-state index in [0.717, 1.165) is 24.2 Å². The van der Waals surface area contributed by atoms with Gasteiger partial charge in [0.25, 0.3) is 0 Å². The van der Waals surface area contributed by atoms with Gasteiger partial charge in [0.2, 0.25) is 16.4 Å². The lowest BCUT2D eigenvalue weighted by atomic mass is 9.98. The first-order valence-electron chi connectivity index (χ1n) is 11.2. The maximum absolute atomic E-state index is 12.7. The zero-order valence-electron chi connectivity index (χ0n) is 19.6. The zero-order valence-corrected chi connectivity index (χ0v) is 20.5. The second-order valence-electron chi connectivity index (χ2n) is 9.59. The number of rotatable bonds is 13. The molecule has 1 aliphatic carbocycles. The molecule has 1 fully saturated rings. The highest BCUT2D eigenvalue weighted by Gasteiger charge is 2.47. The number of hydrogen-bond donors (Lipinski definition) is 2. The number of imide groups is 1. The molecule has 0 aromatic heterocycles. The molecule has 1 aliphatic rings. The topological polar surface area (TPSA) is 105 Å². The van der Waals surface area contributed by atoms with Gasteiger partial charge in [-0.1, -0.05) is 39.3 Å². The number of unbranched alkanes of at least 4 members (excludes halogenated alkanes) is 2. The number of carbonyl (C=O) groups is 2. The minimum atomic E-state index is -3.43. The molecule has 8 nitrogen and oxygen atoms in total. The molecule has 0 atom stereocenters. The van der Waals surface area contributed by atoms with Crippen LogP contribution in [0.1, 0.15) is 65.4 Å². The minimum Gasteiger partial charge on any atom is -0.493 e. The Morgan fingerprint density at radius 1 is 1.22 bits per heavy atom. The summed E-state index contributed by atoms with van der Waals surface area (Å²) in [6.07, 6.45) is 3.76. The van der Waals surface area contributed by atoms with Crippen LogP contribution in [0.2, 0.25) is 0 Å². The molecule has 1 aromatic rings. The van der Waals surface area contributed by atoms with Crippen molar-refractivity contribution < 1.29 is 22.7 Å². The monoisotopic (exact) mass is 467 g/mol. The van der Waals surface area contributed by atoms with Crippen molar-refractivity contribution in [3.05, 3.63) is 29.8 Å². The smallest absolute Gasteiger partial charge is 0.323 e. The maximum Gasteiger partial charge on any atom is 0.323 e. The molecule has 0 spiro atoms. The van der Waals surface area contributed by atoms with Gasteiger partial charge in [-0.15, -0.1) is 0 Å². The normalized spacial score (nSPS) is 15.1. The summed E-state index contributed by atoms with van der Waals surface area (Å²) in [5.74, 6) is 0.795. The van der Waals surface area contributed by atoms with E-state index < -0.39 is 21.6 Å². The van der Waals surface area contributed by atoms with Crippen LogP contribution in [0.25, 0.3) is 0 Å². The number of sulfonamides is 1. The van der Waals surface area contributed by atoms with Crippen molar-refractivity contribution in [3.8, 4) is 5.75 Å². The number of nitrogens with one attached hydrogen (secondary N) is 2. The van der Waals surface area contributed by atoms with Crippen LogP contribution in [-0.2, 0) is 20.4 Å². The number of ether oxygens (including phenoxy) is 1.